The van der Waals surface area contributed by atoms with Crippen LogP contribution in [-0.2, 0) is 16.1 Å². The molecule has 1 unspecified atom stereocenters. The molecule has 31 heavy (non-hydrogen) atoms. The number of aliphatic carboxylic acids is 1. The lowest BCUT2D eigenvalue weighted by Crippen LogP contribution is -2.44. The minimum absolute atomic E-state index is 0.0100. The second kappa shape index (κ2) is 6.97. The van der Waals surface area contributed by atoms with E-state index in [2.05, 4.69) is 15.1 Å². The predicted octanol–water partition coefficient (Wildman–Crippen LogP) is 2.08. The Bertz CT molecular complexity index is 1230. The predicted molar refractivity (Wildman–Crippen MR) is 110 cm³/mol. The van der Waals surface area contributed by atoms with Crippen LogP contribution in [0.3, 0.4) is 0 Å². The molecule has 158 valence electrons. The number of carboxylic acids is 1. The van der Waals surface area contributed by atoms with Crippen LogP contribution in [0.5, 0.6) is 0 Å². The molecule has 3 atom stereocenters. The molecule has 0 spiro atoms. The molecule has 0 radical (unpaired) electrons. The number of benzene rings is 1. The fourth-order valence-electron chi connectivity index (χ4n) is 4.53. The zero-order valence-electron chi connectivity index (χ0n) is 17.1. The topological polar surface area (TPSA) is 118 Å². The summed E-state index contributed by atoms with van der Waals surface area (Å²) >= 11 is 0. The number of carbonyl (C=O) groups is 3. The highest BCUT2D eigenvalue weighted by molar-refractivity contribution is 6.06. The Morgan fingerprint density at radius 1 is 1.13 bits per heavy atom. The summed E-state index contributed by atoms with van der Waals surface area (Å²) in [7, 11) is 0. The fourth-order valence-corrected chi connectivity index (χ4v) is 4.53. The number of fused-ring (bicyclic) bond motifs is 2. The van der Waals surface area contributed by atoms with Crippen molar-refractivity contribution in [1.82, 2.24) is 24.6 Å². The molecule has 1 N–H and O–H groups in total. The second-order valence-corrected chi connectivity index (χ2v) is 8.27. The summed E-state index contributed by atoms with van der Waals surface area (Å²) in [5, 5.41) is 14.5. The third-order valence-corrected chi connectivity index (χ3v) is 6.16. The Labute approximate surface area is 177 Å². The highest BCUT2D eigenvalue weighted by Crippen LogP contribution is 2.48. The molecule has 3 heterocycles. The van der Waals surface area contributed by atoms with Crippen molar-refractivity contribution in [3.05, 3.63) is 42.1 Å². The first kappa shape index (κ1) is 19.3. The van der Waals surface area contributed by atoms with E-state index in [1.807, 2.05) is 18.2 Å². The number of aromatic nitrogens is 4. The monoisotopic (exact) mass is 419 g/mol. The summed E-state index contributed by atoms with van der Waals surface area (Å²) in [6, 6.07) is 4.77. The first-order valence-corrected chi connectivity index (χ1v) is 10.2. The Hall–Kier alpha value is -3.62. The number of amides is 1. The molecule has 1 aromatic carbocycles. The first-order valence-electron chi connectivity index (χ1n) is 10.2. The van der Waals surface area contributed by atoms with Crippen LogP contribution < -0.4 is 0 Å². The molecule has 3 aromatic rings. The number of Topliss-reactive ketones (excluding diaryl/α,β-unsaturated/α-hetero) is 1. The van der Waals surface area contributed by atoms with Gasteiger partial charge in [-0.05, 0) is 43.4 Å². The standard InChI is InChI=1S/C22H21N5O4/c1-11(28)21-16-5-13(15-8-23-12(2)24-9-15)3-4-17(16)26(25-21)10-20(29)27-18-6-14(18)7-19(27)22(30)31/h3-5,8-9,14,18-19H,6-7,10H2,1-2H3,(H,30,31)/t14-,18?,19+/m1/s1. The quantitative estimate of drug-likeness (QED) is 0.629. The van der Waals surface area contributed by atoms with E-state index in [1.54, 1.807) is 19.3 Å². The van der Waals surface area contributed by atoms with E-state index in [0.717, 1.165) is 17.5 Å². The minimum atomic E-state index is -0.972. The maximum absolute atomic E-state index is 13.0. The van der Waals surface area contributed by atoms with E-state index in [9.17, 15) is 19.5 Å². The van der Waals surface area contributed by atoms with Gasteiger partial charge in [-0.25, -0.2) is 14.8 Å². The smallest absolute Gasteiger partial charge is 0.326 e. The maximum atomic E-state index is 13.0. The fraction of sp³-hybridized carbons (Fsp3) is 0.364. The van der Waals surface area contributed by atoms with Crippen LogP contribution in [-0.4, -0.2) is 59.5 Å². The van der Waals surface area contributed by atoms with Gasteiger partial charge in [0.05, 0.1) is 5.52 Å². The summed E-state index contributed by atoms with van der Waals surface area (Å²) in [5.41, 5.74) is 2.58. The van der Waals surface area contributed by atoms with E-state index in [4.69, 9.17) is 0 Å². The summed E-state index contributed by atoms with van der Waals surface area (Å²) < 4.78 is 1.50. The number of likely N-dealkylation sites (tertiary alicyclic amines) is 1. The summed E-state index contributed by atoms with van der Waals surface area (Å²) in [6.07, 6.45) is 4.80. The van der Waals surface area contributed by atoms with E-state index in [1.165, 1.54) is 16.5 Å². The van der Waals surface area contributed by atoms with Crippen molar-refractivity contribution in [3.8, 4) is 11.1 Å². The molecule has 0 bridgehead atoms. The minimum Gasteiger partial charge on any atom is -0.480 e. The van der Waals surface area contributed by atoms with Gasteiger partial charge in [0.2, 0.25) is 5.91 Å². The number of hydrogen-bond donors (Lipinski definition) is 1. The van der Waals surface area contributed by atoms with Crippen LogP contribution in [0, 0.1) is 12.8 Å². The third-order valence-electron chi connectivity index (χ3n) is 6.16. The number of rotatable bonds is 5. The lowest BCUT2D eigenvalue weighted by molar-refractivity contribution is -0.149. The Kier molecular flexibility index (Phi) is 4.35. The van der Waals surface area contributed by atoms with Gasteiger partial charge >= 0.3 is 5.97 Å². The van der Waals surface area contributed by atoms with E-state index in [-0.39, 0.29) is 35.9 Å². The number of hydrogen-bond acceptors (Lipinski definition) is 6. The van der Waals surface area contributed by atoms with Crippen LogP contribution in [0.15, 0.2) is 30.6 Å². The van der Waals surface area contributed by atoms with Gasteiger partial charge in [0.15, 0.2) is 5.78 Å². The second-order valence-electron chi connectivity index (χ2n) is 8.27. The highest BCUT2D eigenvalue weighted by Gasteiger charge is 2.56. The molecule has 2 aliphatic rings. The average molecular weight is 419 g/mol. The first-order chi connectivity index (χ1) is 14.8. The zero-order chi connectivity index (χ0) is 21.9. The van der Waals surface area contributed by atoms with Gasteiger partial charge in [-0.2, -0.15) is 5.10 Å². The number of carboxylic acid groups (broad SMARTS) is 1. The summed E-state index contributed by atoms with van der Waals surface area (Å²) in [6.45, 7) is 3.14. The molecule has 1 amide bonds. The number of nitrogens with zero attached hydrogens (tertiary/aromatic N) is 5. The molecule has 2 aromatic heterocycles. The third kappa shape index (κ3) is 3.26. The normalized spacial score (nSPS) is 21.9. The van der Waals surface area contributed by atoms with Gasteiger partial charge in [-0.3, -0.25) is 14.3 Å². The molecule has 1 aliphatic heterocycles. The van der Waals surface area contributed by atoms with Crippen molar-refractivity contribution in [2.45, 2.75) is 45.3 Å². The summed E-state index contributed by atoms with van der Waals surface area (Å²) in [4.78, 5) is 46.7. The van der Waals surface area contributed by atoms with Crippen molar-refractivity contribution in [3.63, 3.8) is 0 Å². The van der Waals surface area contributed by atoms with Crippen LogP contribution in [0.4, 0.5) is 0 Å². The number of aryl methyl sites for hydroxylation is 1. The van der Waals surface area contributed by atoms with Crippen molar-refractivity contribution in [2.24, 2.45) is 5.92 Å². The van der Waals surface area contributed by atoms with E-state index in [0.29, 0.717) is 23.1 Å². The molecular weight excluding hydrogens is 398 g/mol. The van der Waals surface area contributed by atoms with Gasteiger partial charge in [-0.1, -0.05) is 6.07 Å². The lowest BCUT2D eigenvalue weighted by Gasteiger charge is -2.24. The largest absolute Gasteiger partial charge is 0.480 e. The Morgan fingerprint density at radius 2 is 1.87 bits per heavy atom. The summed E-state index contributed by atoms with van der Waals surface area (Å²) in [5.74, 6) is -0.514. The van der Waals surface area contributed by atoms with Crippen LogP contribution in [0.2, 0.25) is 0 Å². The van der Waals surface area contributed by atoms with Crippen LogP contribution in [0.25, 0.3) is 22.0 Å². The van der Waals surface area contributed by atoms with Gasteiger partial charge < -0.3 is 10.0 Å². The Morgan fingerprint density at radius 3 is 2.55 bits per heavy atom. The molecule has 1 saturated carbocycles. The van der Waals surface area contributed by atoms with Gasteiger partial charge in [0.1, 0.15) is 24.1 Å². The van der Waals surface area contributed by atoms with Crippen molar-refractivity contribution < 1.29 is 19.5 Å². The average Bonchev–Trinajstić information content (AvgIpc) is 3.24. The molecule has 9 nitrogen and oxygen atoms in total. The zero-order valence-corrected chi connectivity index (χ0v) is 17.1. The van der Waals surface area contributed by atoms with Crippen molar-refractivity contribution in [2.75, 3.05) is 0 Å². The number of ketones is 1. The van der Waals surface area contributed by atoms with Gasteiger partial charge in [0, 0.05) is 36.3 Å². The maximum Gasteiger partial charge on any atom is 0.326 e. The Balaban J connectivity index is 1.50. The molecule has 9 heteroatoms. The SMILES string of the molecule is CC(=O)c1nn(CC(=O)N2C3C[C@@H]3C[C@H]2C(=O)O)c2ccc(-c3cnc(C)nc3)cc12. The van der Waals surface area contributed by atoms with Gasteiger partial charge in [0.25, 0.3) is 0 Å². The number of piperidine rings is 1. The molecule has 2 fully saturated rings. The van der Waals surface area contributed by atoms with Crippen LogP contribution >= 0.6 is 0 Å². The lowest BCUT2D eigenvalue weighted by atomic mass is 10.0. The molecule has 1 aliphatic carbocycles. The van der Waals surface area contributed by atoms with E-state index >= 15 is 0 Å². The molecular formula is C22H21N5O4. The van der Waals surface area contributed by atoms with Crippen LogP contribution in [0.1, 0.15) is 36.1 Å². The highest BCUT2D eigenvalue weighted by atomic mass is 16.4. The van der Waals surface area contributed by atoms with E-state index < -0.39 is 12.0 Å². The van der Waals surface area contributed by atoms with Gasteiger partial charge in [-0.15, -0.1) is 0 Å². The molecule has 1 saturated heterocycles. The molecule has 5 rings (SSSR count). The van der Waals surface area contributed by atoms with Crippen molar-refractivity contribution >= 4 is 28.6 Å². The van der Waals surface area contributed by atoms with Crippen molar-refractivity contribution in [1.29, 1.82) is 0 Å². The number of carbonyl (C=O) groups excluding carboxylic acids is 2.